The minimum absolute atomic E-state index is 0.165. The van der Waals surface area contributed by atoms with Gasteiger partial charge in [-0.05, 0) is 55.5 Å². The van der Waals surface area contributed by atoms with E-state index < -0.39 is 0 Å². The van der Waals surface area contributed by atoms with E-state index in [9.17, 15) is 0 Å². The summed E-state index contributed by atoms with van der Waals surface area (Å²) >= 11 is 0. The van der Waals surface area contributed by atoms with Crippen molar-refractivity contribution < 1.29 is 0 Å². The van der Waals surface area contributed by atoms with Crippen LogP contribution in [0.1, 0.15) is 42.5 Å². The zero-order valence-electron chi connectivity index (χ0n) is 11.0. The zero-order valence-corrected chi connectivity index (χ0v) is 11.0. The number of hydrogen-bond acceptors (Lipinski definition) is 2. The molecule has 0 spiro atoms. The van der Waals surface area contributed by atoms with Crippen molar-refractivity contribution in [3.8, 4) is 0 Å². The Morgan fingerprint density at radius 2 is 2.06 bits per heavy atom. The quantitative estimate of drug-likeness (QED) is 0.818. The van der Waals surface area contributed by atoms with Gasteiger partial charge in [-0.15, -0.1) is 0 Å². The fraction of sp³-hybridized carbons (Fsp3) is 0.600. The highest BCUT2D eigenvalue weighted by Gasteiger charge is 2.19. The molecule has 2 unspecified atom stereocenters. The first kappa shape index (κ1) is 12.6. The molecule has 3 N–H and O–H groups in total. The molecule has 0 amide bonds. The van der Waals surface area contributed by atoms with E-state index in [1.54, 1.807) is 0 Å². The van der Waals surface area contributed by atoms with Gasteiger partial charge < -0.3 is 11.1 Å². The monoisotopic (exact) mass is 232 g/mol. The third-order valence-electron chi connectivity index (χ3n) is 4.01. The maximum Gasteiger partial charge on any atom is 0.0335 e. The summed E-state index contributed by atoms with van der Waals surface area (Å²) in [7, 11) is 2.00. The third kappa shape index (κ3) is 2.70. The topological polar surface area (TPSA) is 38.0 Å². The van der Waals surface area contributed by atoms with Crippen molar-refractivity contribution in [3.63, 3.8) is 0 Å². The fourth-order valence-electron chi connectivity index (χ4n) is 2.86. The van der Waals surface area contributed by atoms with Gasteiger partial charge in [-0.2, -0.15) is 0 Å². The van der Waals surface area contributed by atoms with Crippen LogP contribution in [0, 0.1) is 5.92 Å². The van der Waals surface area contributed by atoms with Gasteiger partial charge in [0.1, 0.15) is 0 Å². The minimum atomic E-state index is 0.165. The van der Waals surface area contributed by atoms with Crippen molar-refractivity contribution in [2.75, 3.05) is 13.6 Å². The van der Waals surface area contributed by atoms with Crippen LogP contribution in [0.25, 0.3) is 0 Å². The van der Waals surface area contributed by atoms with Crippen molar-refractivity contribution in [2.45, 2.75) is 38.6 Å². The van der Waals surface area contributed by atoms with E-state index >= 15 is 0 Å². The highest BCUT2D eigenvalue weighted by molar-refractivity contribution is 5.36. The second-order valence-corrected chi connectivity index (χ2v) is 5.13. The number of fused-ring (bicyclic) bond motifs is 1. The van der Waals surface area contributed by atoms with Gasteiger partial charge in [-0.1, -0.05) is 31.5 Å². The SMILES string of the molecule is CCC(CNC)C(N)c1ccc2c(c1)CCC2. The Morgan fingerprint density at radius 1 is 1.29 bits per heavy atom. The molecule has 1 aromatic carbocycles. The van der Waals surface area contributed by atoms with Gasteiger partial charge >= 0.3 is 0 Å². The Morgan fingerprint density at radius 3 is 2.76 bits per heavy atom. The van der Waals surface area contributed by atoms with Gasteiger partial charge in [0.25, 0.3) is 0 Å². The summed E-state index contributed by atoms with van der Waals surface area (Å²) < 4.78 is 0. The van der Waals surface area contributed by atoms with Crippen LogP contribution in [-0.4, -0.2) is 13.6 Å². The van der Waals surface area contributed by atoms with E-state index in [1.807, 2.05) is 7.05 Å². The Balaban J connectivity index is 2.15. The normalized spacial score (nSPS) is 17.8. The predicted molar refractivity (Wildman–Crippen MR) is 73.1 cm³/mol. The van der Waals surface area contributed by atoms with Gasteiger partial charge in [0.05, 0.1) is 0 Å². The molecule has 2 nitrogen and oxygen atoms in total. The number of nitrogens with two attached hydrogens (primary N) is 1. The smallest absolute Gasteiger partial charge is 0.0335 e. The van der Waals surface area contributed by atoms with E-state index in [0.29, 0.717) is 5.92 Å². The molecule has 1 aliphatic rings. The first-order chi connectivity index (χ1) is 8.26. The van der Waals surface area contributed by atoms with Crippen molar-refractivity contribution in [2.24, 2.45) is 11.7 Å². The van der Waals surface area contributed by atoms with Crippen LogP contribution in [0.5, 0.6) is 0 Å². The predicted octanol–water partition coefficient (Wildman–Crippen LogP) is 2.42. The van der Waals surface area contributed by atoms with Crippen LogP contribution in [0.2, 0.25) is 0 Å². The summed E-state index contributed by atoms with van der Waals surface area (Å²) in [4.78, 5) is 0. The molecule has 0 bridgehead atoms. The average molecular weight is 232 g/mol. The first-order valence-electron chi connectivity index (χ1n) is 6.78. The molecule has 1 aromatic rings. The molecule has 94 valence electrons. The maximum atomic E-state index is 6.39. The Bertz CT molecular complexity index is 373. The van der Waals surface area contributed by atoms with E-state index in [0.717, 1.165) is 13.0 Å². The van der Waals surface area contributed by atoms with Crippen molar-refractivity contribution in [3.05, 3.63) is 34.9 Å². The van der Waals surface area contributed by atoms with Crippen LogP contribution in [0.4, 0.5) is 0 Å². The summed E-state index contributed by atoms with van der Waals surface area (Å²) in [6, 6.07) is 7.01. The minimum Gasteiger partial charge on any atom is -0.324 e. The molecule has 0 aromatic heterocycles. The molecular weight excluding hydrogens is 208 g/mol. The number of aryl methyl sites for hydroxylation is 2. The molecule has 2 atom stereocenters. The van der Waals surface area contributed by atoms with Crippen molar-refractivity contribution >= 4 is 0 Å². The number of benzene rings is 1. The second-order valence-electron chi connectivity index (χ2n) is 5.13. The van der Waals surface area contributed by atoms with E-state index in [2.05, 4.69) is 30.4 Å². The highest BCUT2D eigenvalue weighted by Crippen LogP contribution is 2.28. The maximum absolute atomic E-state index is 6.39. The molecule has 0 saturated heterocycles. The van der Waals surface area contributed by atoms with Gasteiger partial charge in [0, 0.05) is 6.04 Å². The Kier molecular flexibility index (Phi) is 4.19. The van der Waals surface area contributed by atoms with Crippen molar-refractivity contribution in [1.29, 1.82) is 0 Å². The lowest BCUT2D eigenvalue weighted by Crippen LogP contribution is -2.29. The molecule has 0 aliphatic heterocycles. The number of hydrogen-bond donors (Lipinski definition) is 2. The Hall–Kier alpha value is -0.860. The van der Waals surface area contributed by atoms with Gasteiger partial charge in [0.2, 0.25) is 0 Å². The molecular formula is C15H24N2. The standard InChI is InChI=1S/C15H24N2/c1-3-11(10-17-2)15(16)14-8-7-12-5-4-6-13(12)9-14/h7-9,11,15,17H,3-6,10,16H2,1-2H3. The van der Waals surface area contributed by atoms with E-state index in [4.69, 9.17) is 5.73 Å². The molecule has 0 radical (unpaired) electrons. The molecule has 0 heterocycles. The third-order valence-corrected chi connectivity index (χ3v) is 4.01. The Labute approximate surface area is 105 Å². The summed E-state index contributed by atoms with van der Waals surface area (Å²) in [6.45, 7) is 3.21. The first-order valence-corrected chi connectivity index (χ1v) is 6.78. The van der Waals surface area contributed by atoms with Crippen LogP contribution >= 0.6 is 0 Å². The summed E-state index contributed by atoms with van der Waals surface area (Å²) in [5.41, 5.74) is 10.8. The summed E-state index contributed by atoms with van der Waals surface area (Å²) in [6.07, 6.45) is 4.91. The summed E-state index contributed by atoms with van der Waals surface area (Å²) in [5.74, 6) is 0.527. The van der Waals surface area contributed by atoms with Gasteiger partial charge in [-0.25, -0.2) is 0 Å². The fourth-order valence-corrected chi connectivity index (χ4v) is 2.86. The van der Waals surface area contributed by atoms with E-state index in [1.165, 1.54) is 36.0 Å². The number of rotatable bonds is 5. The molecule has 2 heteroatoms. The lowest BCUT2D eigenvalue weighted by molar-refractivity contribution is 0.403. The second kappa shape index (κ2) is 5.65. The molecule has 0 saturated carbocycles. The van der Waals surface area contributed by atoms with Crippen LogP contribution < -0.4 is 11.1 Å². The lowest BCUT2D eigenvalue weighted by atomic mass is 9.90. The molecule has 1 aliphatic carbocycles. The lowest BCUT2D eigenvalue weighted by Gasteiger charge is -2.23. The van der Waals surface area contributed by atoms with Crippen LogP contribution in [0.15, 0.2) is 18.2 Å². The summed E-state index contributed by atoms with van der Waals surface area (Å²) in [5, 5.41) is 3.24. The van der Waals surface area contributed by atoms with Gasteiger partial charge in [-0.3, -0.25) is 0 Å². The number of nitrogens with one attached hydrogen (secondary N) is 1. The van der Waals surface area contributed by atoms with Crippen LogP contribution in [-0.2, 0) is 12.8 Å². The average Bonchev–Trinajstić information content (AvgIpc) is 2.82. The zero-order chi connectivity index (χ0) is 12.3. The molecule has 2 rings (SSSR count). The van der Waals surface area contributed by atoms with Crippen molar-refractivity contribution in [1.82, 2.24) is 5.32 Å². The van der Waals surface area contributed by atoms with Crippen LogP contribution in [0.3, 0.4) is 0 Å². The molecule has 17 heavy (non-hydrogen) atoms. The molecule has 0 fully saturated rings. The largest absolute Gasteiger partial charge is 0.324 e. The van der Waals surface area contributed by atoms with Gasteiger partial charge in [0.15, 0.2) is 0 Å². The van der Waals surface area contributed by atoms with E-state index in [-0.39, 0.29) is 6.04 Å². The highest BCUT2D eigenvalue weighted by atomic mass is 14.8.